The molecule has 1 aliphatic carbocycles. The molecule has 1 heterocycles. The van der Waals surface area contributed by atoms with Crippen LogP contribution in [-0.2, 0) is 19.4 Å². The Morgan fingerprint density at radius 1 is 0.833 bits per heavy atom. The first-order valence-corrected chi connectivity index (χ1v) is 10.6. The van der Waals surface area contributed by atoms with Gasteiger partial charge in [0.2, 0.25) is 0 Å². The Hall–Kier alpha value is -3.46. The summed E-state index contributed by atoms with van der Waals surface area (Å²) in [7, 11) is 0. The minimum absolute atomic E-state index is 0.573. The van der Waals surface area contributed by atoms with Crippen LogP contribution in [0.5, 0.6) is 5.75 Å². The molecule has 3 aromatic carbocycles. The number of hydrogen-bond donors (Lipinski definition) is 0. The fraction of sp³-hybridized carbons (Fsp3) is 0.185. The molecule has 0 bridgehead atoms. The molecule has 148 valence electrons. The third kappa shape index (κ3) is 3.97. The second kappa shape index (κ2) is 8.50. The molecule has 1 aliphatic rings. The molecule has 1 aromatic heterocycles. The van der Waals surface area contributed by atoms with Crippen LogP contribution in [0.15, 0.2) is 83.9 Å². The third-order valence-electron chi connectivity index (χ3n) is 5.61. The molecule has 3 heteroatoms. The summed E-state index contributed by atoms with van der Waals surface area (Å²) in [4.78, 5) is 9.83. The summed E-state index contributed by atoms with van der Waals surface area (Å²) >= 11 is 0. The lowest BCUT2D eigenvalue weighted by molar-refractivity contribution is 0.306. The smallest absolute Gasteiger partial charge is 0.119 e. The molecule has 0 saturated carbocycles. The van der Waals surface area contributed by atoms with E-state index in [0.29, 0.717) is 6.61 Å². The van der Waals surface area contributed by atoms with E-state index in [0.717, 1.165) is 46.3 Å². The van der Waals surface area contributed by atoms with E-state index in [1.54, 1.807) is 0 Å². The third-order valence-corrected chi connectivity index (χ3v) is 5.61. The molecule has 0 aliphatic heterocycles. The zero-order valence-corrected chi connectivity index (χ0v) is 16.9. The Labute approximate surface area is 177 Å². The van der Waals surface area contributed by atoms with Gasteiger partial charge in [-0.2, -0.15) is 0 Å². The van der Waals surface area contributed by atoms with Crippen LogP contribution in [0.1, 0.15) is 35.2 Å². The number of aromatic nitrogens is 1. The number of aryl methyl sites for hydroxylation is 1. The summed E-state index contributed by atoms with van der Waals surface area (Å²) in [5.41, 5.74) is 6.88. The highest BCUT2D eigenvalue weighted by Crippen LogP contribution is 2.35. The van der Waals surface area contributed by atoms with Crippen LogP contribution in [0.2, 0.25) is 0 Å². The predicted molar refractivity (Wildman–Crippen MR) is 123 cm³/mol. The van der Waals surface area contributed by atoms with Crippen LogP contribution in [0.25, 0.3) is 10.9 Å². The van der Waals surface area contributed by atoms with Gasteiger partial charge >= 0.3 is 0 Å². The van der Waals surface area contributed by atoms with Gasteiger partial charge in [-0.15, -0.1) is 0 Å². The molecule has 0 N–H and O–H groups in total. The lowest BCUT2D eigenvalue weighted by Crippen LogP contribution is -2.06. The van der Waals surface area contributed by atoms with Crippen LogP contribution in [0.3, 0.4) is 0 Å². The fourth-order valence-corrected chi connectivity index (χ4v) is 4.02. The summed E-state index contributed by atoms with van der Waals surface area (Å²) in [5.74, 6) is 0.864. The molecule has 0 radical (unpaired) electrons. The fourth-order valence-electron chi connectivity index (χ4n) is 4.02. The Kier molecular flexibility index (Phi) is 5.26. The summed E-state index contributed by atoms with van der Waals surface area (Å²) in [6, 6.07) is 26.7. The first kappa shape index (κ1) is 18.6. The highest BCUT2D eigenvalue weighted by Gasteiger charge is 2.17. The van der Waals surface area contributed by atoms with Gasteiger partial charge in [-0.1, -0.05) is 48.5 Å². The van der Waals surface area contributed by atoms with Crippen molar-refractivity contribution < 1.29 is 4.74 Å². The number of aliphatic imine (C=N–C) groups is 1. The number of rotatable bonds is 5. The Bertz CT molecular complexity index is 1180. The minimum atomic E-state index is 0.573. The second-order valence-corrected chi connectivity index (χ2v) is 7.71. The van der Waals surface area contributed by atoms with Gasteiger partial charge in [-0.3, -0.25) is 9.98 Å². The number of benzene rings is 3. The van der Waals surface area contributed by atoms with Crippen LogP contribution in [-0.4, -0.2) is 11.2 Å². The van der Waals surface area contributed by atoms with E-state index in [-0.39, 0.29) is 0 Å². The van der Waals surface area contributed by atoms with Gasteiger partial charge in [0.05, 0.1) is 11.2 Å². The molecular formula is C27H24N2O. The van der Waals surface area contributed by atoms with Crippen molar-refractivity contribution in [1.29, 1.82) is 0 Å². The van der Waals surface area contributed by atoms with E-state index in [1.807, 2.05) is 42.6 Å². The SMILES string of the molecule is C(=Nc1c2c(nc3ccccc13)CCCC2)c1ccc(OCc2ccccc2)cc1. The lowest BCUT2D eigenvalue weighted by Gasteiger charge is -2.18. The van der Waals surface area contributed by atoms with Crippen molar-refractivity contribution in [1.82, 2.24) is 4.98 Å². The minimum Gasteiger partial charge on any atom is -0.489 e. The topological polar surface area (TPSA) is 34.5 Å². The standard InChI is InChI=1S/C27H24N2O/c1-2-8-21(9-3-1)19-30-22-16-14-20(15-17-22)18-28-27-23-10-4-6-12-25(23)29-26-13-7-5-11-24(26)27/h1-4,6,8-10,12,14-18H,5,7,11,13,19H2. The van der Waals surface area contributed by atoms with Crippen molar-refractivity contribution >= 4 is 22.8 Å². The molecule has 3 nitrogen and oxygen atoms in total. The highest BCUT2D eigenvalue weighted by molar-refractivity contribution is 5.95. The summed E-state index contributed by atoms with van der Waals surface area (Å²) in [6.07, 6.45) is 6.49. The lowest BCUT2D eigenvalue weighted by atomic mass is 9.93. The maximum atomic E-state index is 5.89. The molecule has 0 atom stereocenters. The molecule has 0 spiro atoms. The number of ether oxygens (including phenoxy) is 1. The van der Waals surface area contributed by atoms with Crippen LogP contribution in [0, 0.1) is 0 Å². The zero-order valence-electron chi connectivity index (χ0n) is 16.9. The molecule has 30 heavy (non-hydrogen) atoms. The summed E-state index contributed by atoms with van der Waals surface area (Å²) < 4.78 is 5.89. The maximum absolute atomic E-state index is 5.89. The largest absolute Gasteiger partial charge is 0.489 e. The van der Waals surface area contributed by atoms with E-state index in [1.165, 1.54) is 24.1 Å². The van der Waals surface area contributed by atoms with Crippen LogP contribution < -0.4 is 4.74 Å². The quantitative estimate of drug-likeness (QED) is 0.366. The first-order chi connectivity index (χ1) is 14.9. The summed E-state index contributed by atoms with van der Waals surface area (Å²) in [6.45, 7) is 0.573. The van der Waals surface area contributed by atoms with Gasteiger partial charge in [-0.05, 0) is 72.7 Å². The van der Waals surface area contributed by atoms with E-state index in [2.05, 4.69) is 42.5 Å². The normalized spacial score (nSPS) is 13.5. The second-order valence-electron chi connectivity index (χ2n) is 7.71. The molecule has 0 unspecified atom stereocenters. The summed E-state index contributed by atoms with van der Waals surface area (Å²) in [5, 5.41) is 1.14. The average molecular weight is 393 g/mol. The van der Waals surface area contributed by atoms with Crippen molar-refractivity contribution in [3.05, 3.63) is 101 Å². The van der Waals surface area contributed by atoms with Crippen molar-refractivity contribution in [3.8, 4) is 5.75 Å². The van der Waals surface area contributed by atoms with E-state index < -0.39 is 0 Å². The van der Waals surface area contributed by atoms with Gasteiger partial charge in [0.15, 0.2) is 0 Å². The Morgan fingerprint density at radius 2 is 1.60 bits per heavy atom. The molecule has 5 rings (SSSR count). The average Bonchev–Trinajstić information content (AvgIpc) is 2.82. The number of para-hydroxylation sites is 1. The monoisotopic (exact) mass is 392 g/mol. The Morgan fingerprint density at radius 3 is 2.47 bits per heavy atom. The van der Waals surface area contributed by atoms with Gasteiger partial charge < -0.3 is 4.74 Å². The van der Waals surface area contributed by atoms with E-state index in [4.69, 9.17) is 14.7 Å². The maximum Gasteiger partial charge on any atom is 0.119 e. The molecule has 0 saturated heterocycles. The van der Waals surface area contributed by atoms with Crippen molar-refractivity contribution in [3.63, 3.8) is 0 Å². The predicted octanol–water partition coefficient (Wildman–Crippen LogP) is 6.44. The molecule has 0 fully saturated rings. The molecular weight excluding hydrogens is 368 g/mol. The number of hydrogen-bond acceptors (Lipinski definition) is 3. The first-order valence-electron chi connectivity index (χ1n) is 10.6. The van der Waals surface area contributed by atoms with Crippen LogP contribution >= 0.6 is 0 Å². The molecule has 4 aromatic rings. The number of fused-ring (bicyclic) bond motifs is 2. The molecule has 0 amide bonds. The van der Waals surface area contributed by atoms with Crippen molar-refractivity contribution in [2.24, 2.45) is 4.99 Å². The van der Waals surface area contributed by atoms with Crippen LogP contribution in [0.4, 0.5) is 5.69 Å². The van der Waals surface area contributed by atoms with Gasteiger partial charge in [0, 0.05) is 17.3 Å². The van der Waals surface area contributed by atoms with Gasteiger partial charge in [0.25, 0.3) is 0 Å². The van der Waals surface area contributed by atoms with Gasteiger partial charge in [-0.25, -0.2) is 0 Å². The van der Waals surface area contributed by atoms with E-state index in [9.17, 15) is 0 Å². The van der Waals surface area contributed by atoms with Crippen molar-refractivity contribution in [2.45, 2.75) is 32.3 Å². The Balaban J connectivity index is 1.38. The number of nitrogens with zero attached hydrogens (tertiary/aromatic N) is 2. The zero-order chi connectivity index (χ0) is 20.2. The van der Waals surface area contributed by atoms with Gasteiger partial charge in [0.1, 0.15) is 12.4 Å². The van der Waals surface area contributed by atoms with E-state index >= 15 is 0 Å². The highest BCUT2D eigenvalue weighted by atomic mass is 16.5. The number of pyridine rings is 1. The van der Waals surface area contributed by atoms with Crippen molar-refractivity contribution in [2.75, 3.05) is 0 Å².